The number of H-pyrrole nitrogens is 1. The zero-order chi connectivity index (χ0) is 25.1. The molecule has 0 saturated heterocycles. The molecule has 35 heavy (non-hydrogen) atoms. The molecule has 1 fully saturated rings. The molecule has 184 valence electrons. The number of carboxylic acids is 1. The SMILES string of the molecule is COc1cc(-n2c(C(C)C)c([C@H]3CC[C@](C)(C(=O)O)CC3)c3c(F)c4[nH]ncc4cc32)ccc1F. The van der Waals surface area contributed by atoms with Gasteiger partial charge >= 0.3 is 5.97 Å². The van der Waals surface area contributed by atoms with E-state index in [-0.39, 0.29) is 23.4 Å². The zero-order valence-corrected chi connectivity index (χ0v) is 20.3. The summed E-state index contributed by atoms with van der Waals surface area (Å²) in [6, 6.07) is 6.57. The van der Waals surface area contributed by atoms with Crippen molar-refractivity contribution in [2.45, 2.75) is 58.3 Å². The van der Waals surface area contributed by atoms with E-state index in [2.05, 4.69) is 24.0 Å². The Kier molecular flexibility index (Phi) is 5.57. The number of aromatic nitrogens is 3. The van der Waals surface area contributed by atoms with E-state index in [4.69, 9.17) is 4.74 Å². The Labute approximate surface area is 201 Å². The number of methoxy groups -OCH3 is 1. The molecular weight excluding hydrogens is 452 g/mol. The molecule has 2 aromatic carbocycles. The molecule has 0 atom stereocenters. The van der Waals surface area contributed by atoms with Crippen molar-refractivity contribution >= 4 is 27.8 Å². The van der Waals surface area contributed by atoms with Crippen molar-refractivity contribution in [3.8, 4) is 11.4 Å². The van der Waals surface area contributed by atoms with E-state index in [0.717, 1.165) is 11.3 Å². The van der Waals surface area contributed by atoms with E-state index in [1.54, 1.807) is 25.3 Å². The number of nitrogens with zero attached hydrogens (tertiary/aromatic N) is 2. The number of carboxylic acid groups (broad SMARTS) is 1. The number of aliphatic carboxylic acids is 1. The van der Waals surface area contributed by atoms with E-state index < -0.39 is 17.2 Å². The van der Waals surface area contributed by atoms with Crippen LogP contribution >= 0.6 is 0 Å². The lowest BCUT2D eigenvalue weighted by Gasteiger charge is -2.34. The summed E-state index contributed by atoms with van der Waals surface area (Å²) in [5.74, 6) is -1.49. The highest BCUT2D eigenvalue weighted by atomic mass is 19.1. The number of halogens is 2. The lowest BCUT2D eigenvalue weighted by molar-refractivity contribution is -0.149. The van der Waals surface area contributed by atoms with Crippen LogP contribution in [0.2, 0.25) is 0 Å². The molecule has 5 rings (SSSR count). The third-order valence-electron chi connectivity index (χ3n) is 7.64. The number of rotatable bonds is 5. The van der Waals surface area contributed by atoms with Gasteiger partial charge in [-0.25, -0.2) is 8.78 Å². The van der Waals surface area contributed by atoms with Crippen LogP contribution in [0.1, 0.15) is 69.5 Å². The summed E-state index contributed by atoms with van der Waals surface area (Å²) < 4.78 is 37.6. The molecule has 0 amide bonds. The fourth-order valence-electron chi connectivity index (χ4n) is 5.65. The van der Waals surface area contributed by atoms with Crippen LogP contribution < -0.4 is 4.74 Å². The average Bonchev–Trinajstić information content (AvgIpc) is 3.43. The molecule has 4 aromatic rings. The minimum Gasteiger partial charge on any atom is -0.494 e. The van der Waals surface area contributed by atoms with Crippen molar-refractivity contribution in [2.24, 2.45) is 5.41 Å². The Morgan fingerprint density at radius 2 is 1.97 bits per heavy atom. The highest BCUT2D eigenvalue weighted by Gasteiger charge is 2.40. The quantitative estimate of drug-likeness (QED) is 0.334. The van der Waals surface area contributed by atoms with Crippen molar-refractivity contribution in [1.82, 2.24) is 14.8 Å². The molecule has 0 bridgehead atoms. The summed E-state index contributed by atoms with van der Waals surface area (Å²) >= 11 is 0. The molecule has 0 aliphatic heterocycles. The molecule has 1 aliphatic rings. The van der Waals surface area contributed by atoms with Crippen molar-refractivity contribution in [3.63, 3.8) is 0 Å². The number of ether oxygens (including phenoxy) is 1. The maximum absolute atomic E-state index is 16.1. The second-order valence-electron chi connectivity index (χ2n) is 10.2. The first-order chi connectivity index (χ1) is 16.7. The van der Waals surface area contributed by atoms with Gasteiger partial charge in [0.05, 0.1) is 24.2 Å². The maximum atomic E-state index is 16.1. The maximum Gasteiger partial charge on any atom is 0.309 e. The van der Waals surface area contributed by atoms with Gasteiger partial charge in [0.15, 0.2) is 17.4 Å². The molecule has 1 aliphatic carbocycles. The topological polar surface area (TPSA) is 80.1 Å². The molecule has 0 radical (unpaired) electrons. The van der Waals surface area contributed by atoms with Crippen molar-refractivity contribution in [2.75, 3.05) is 7.11 Å². The predicted octanol–water partition coefficient (Wildman–Crippen LogP) is 6.67. The van der Waals surface area contributed by atoms with Crippen LogP contribution in [0.5, 0.6) is 5.75 Å². The van der Waals surface area contributed by atoms with Crippen molar-refractivity contribution in [1.29, 1.82) is 0 Å². The summed E-state index contributed by atoms with van der Waals surface area (Å²) in [5, 5.41) is 17.7. The standard InChI is InChI=1S/C27H29F2N3O3/c1-14(2)25-21(15-7-9-27(3,10-8-15)26(33)34)22-19(11-16-13-30-31-24(16)23(22)29)32(25)17-5-6-18(28)20(12-17)35-4/h5-6,11-15H,7-10H2,1-4H3,(H,30,31)(H,33,34)/t15-,27-. The Bertz CT molecular complexity index is 1450. The highest BCUT2D eigenvalue weighted by molar-refractivity contribution is 6.00. The van der Waals surface area contributed by atoms with Gasteiger partial charge in [0.25, 0.3) is 0 Å². The van der Waals surface area contributed by atoms with Gasteiger partial charge in [-0.1, -0.05) is 13.8 Å². The molecule has 2 aromatic heterocycles. The first kappa shape index (κ1) is 23.3. The summed E-state index contributed by atoms with van der Waals surface area (Å²) in [7, 11) is 1.42. The predicted molar refractivity (Wildman–Crippen MR) is 130 cm³/mol. The summed E-state index contributed by atoms with van der Waals surface area (Å²) in [6.07, 6.45) is 3.93. The van der Waals surface area contributed by atoms with E-state index in [0.29, 0.717) is 53.2 Å². The van der Waals surface area contributed by atoms with Gasteiger partial charge in [0, 0.05) is 28.2 Å². The minimum atomic E-state index is -0.786. The zero-order valence-electron chi connectivity index (χ0n) is 20.3. The first-order valence-corrected chi connectivity index (χ1v) is 11.9. The third-order valence-corrected chi connectivity index (χ3v) is 7.64. The normalized spacial score (nSPS) is 20.7. The number of aromatic amines is 1. The first-order valence-electron chi connectivity index (χ1n) is 11.9. The summed E-state index contributed by atoms with van der Waals surface area (Å²) in [4.78, 5) is 11.8. The monoisotopic (exact) mass is 481 g/mol. The number of fused-ring (bicyclic) bond motifs is 2. The van der Waals surface area contributed by atoms with Crippen LogP contribution in [0.25, 0.3) is 27.5 Å². The number of hydrogen-bond acceptors (Lipinski definition) is 3. The van der Waals surface area contributed by atoms with E-state index in [1.807, 2.05) is 10.6 Å². The number of benzene rings is 2. The largest absolute Gasteiger partial charge is 0.494 e. The average molecular weight is 482 g/mol. The smallest absolute Gasteiger partial charge is 0.309 e. The molecule has 2 heterocycles. The van der Waals surface area contributed by atoms with E-state index in [1.165, 1.54) is 13.2 Å². The van der Waals surface area contributed by atoms with Crippen LogP contribution in [0, 0.1) is 17.0 Å². The Balaban J connectivity index is 1.81. The number of carbonyl (C=O) groups is 1. The van der Waals surface area contributed by atoms with Gasteiger partial charge in [-0.2, -0.15) is 5.10 Å². The van der Waals surface area contributed by atoms with E-state index >= 15 is 4.39 Å². The van der Waals surface area contributed by atoms with Crippen molar-refractivity contribution < 1.29 is 23.4 Å². The van der Waals surface area contributed by atoms with Gasteiger partial charge in [0.1, 0.15) is 5.52 Å². The summed E-state index contributed by atoms with van der Waals surface area (Å²) in [6.45, 7) is 5.91. The lowest BCUT2D eigenvalue weighted by atomic mass is 9.69. The Morgan fingerprint density at radius 3 is 2.60 bits per heavy atom. The van der Waals surface area contributed by atoms with Crippen LogP contribution in [0.15, 0.2) is 30.5 Å². The summed E-state index contributed by atoms with van der Waals surface area (Å²) in [5.41, 5.74) is 2.77. The van der Waals surface area contributed by atoms with Crippen LogP contribution in [-0.4, -0.2) is 33.0 Å². The van der Waals surface area contributed by atoms with Gasteiger partial charge in [-0.3, -0.25) is 9.89 Å². The molecule has 1 saturated carbocycles. The Morgan fingerprint density at radius 1 is 1.26 bits per heavy atom. The minimum absolute atomic E-state index is 0.000732. The van der Waals surface area contributed by atoms with Crippen LogP contribution in [0.3, 0.4) is 0 Å². The molecular formula is C27H29F2N3O3. The molecule has 8 heteroatoms. The van der Waals surface area contributed by atoms with E-state index in [9.17, 15) is 14.3 Å². The van der Waals surface area contributed by atoms with Gasteiger partial charge < -0.3 is 14.4 Å². The van der Waals surface area contributed by atoms with Crippen LogP contribution in [0.4, 0.5) is 8.78 Å². The third kappa shape index (κ3) is 3.58. The second-order valence-corrected chi connectivity index (χ2v) is 10.2. The van der Waals surface area contributed by atoms with Crippen molar-refractivity contribution in [3.05, 3.63) is 53.4 Å². The fourth-order valence-corrected chi connectivity index (χ4v) is 5.65. The second kappa shape index (κ2) is 8.36. The van der Waals surface area contributed by atoms with Gasteiger partial charge in [-0.15, -0.1) is 0 Å². The fraction of sp³-hybridized carbons (Fsp3) is 0.407. The molecule has 0 spiro atoms. The van der Waals surface area contributed by atoms with Gasteiger partial charge in [-0.05, 0) is 68.2 Å². The van der Waals surface area contributed by atoms with Crippen LogP contribution in [-0.2, 0) is 4.79 Å². The van der Waals surface area contributed by atoms with Gasteiger partial charge in [0.2, 0.25) is 0 Å². The highest BCUT2D eigenvalue weighted by Crippen LogP contribution is 2.49. The lowest BCUT2D eigenvalue weighted by Crippen LogP contribution is -2.32. The number of nitrogens with one attached hydrogen (secondary N) is 1. The Hall–Kier alpha value is -3.42. The molecule has 2 N–H and O–H groups in total. The molecule has 6 nitrogen and oxygen atoms in total. The molecule has 0 unspecified atom stereocenters. The number of hydrogen-bond donors (Lipinski definition) is 2.